The summed E-state index contributed by atoms with van der Waals surface area (Å²) in [6.07, 6.45) is 8.39. The molecule has 0 saturated carbocycles. The van der Waals surface area contributed by atoms with Crippen molar-refractivity contribution in [1.82, 2.24) is 9.97 Å². The predicted molar refractivity (Wildman–Crippen MR) is 47.1 cm³/mol. The van der Waals surface area contributed by atoms with Crippen molar-refractivity contribution in [3.63, 3.8) is 0 Å². The maximum Gasteiger partial charge on any atom is 0.155 e. The Kier molecular flexibility index (Phi) is 4.13. The summed E-state index contributed by atoms with van der Waals surface area (Å²) in [5.74, 6) is 0.758. The van der Waals surface area contributed by atoms with Crippen LogP contribution in [0.25, 0.3) is 0 Å². The zero-order chi connectivity index (χ0) is 8.65. The van der Waals surface area contributed by atoms with E-state index >= 15 is 0 Å². The molecule has 0 saturated heterocycles. The maximum absolute atomic E-state index is 5.38. The predicted octanol–water partition coefficient (Wildman–Crippen LogP) is 2.05. The van der Waals surface area contributed by atoms with Crippen molar-refractivity contribution < 1.29 is 4.74 Å². The summed E-state index contributed by atoms with van der Waals surface area (Å²) in [5, 5.41) is 0. The van der Waals surface area contributed by atoms with Crippen LogP contribution in [0.15, 0.2) is 18.7 Å². The third-order valence-electron chi connectivity index (χ3n) is 1.55. The highest BCUT2D eigenvalue weighted by molar-refractivity contribution is 5.09. The van der Waals surface area contributed by atoms with Crippen LogP contribution in [0.2, 0.25) is 0 Å². The van der Waals surface area contributed by atoms with Gasteiger partial charge < -0.3 is 4.74 Å². The van der Waals surface area contributed by atoms with Crippen LogP contribution < -0.4 is 4.74 Å². The molecule has 3 nitrogen and oxygen atoms in total. The highest BCUT2D eigenvalue weighted by atomic mass is 16.5. The van der Waals surface area contributed by atoms with Gasteiger partial charge in [0.05, 0.1) is 19.0 Å². The van der Waals surface area contributed by atoms with Gasteiger partial charge in [0.2, 0.25) is 0 Å². The molecule has 66 valence electrons. The first-order chi connectivity index (χ1) is 5.93. The average Bonchev–Trinajstić information content (AvgIpc) is 2.14. The van der Waals surface area contributed by atoms with Crippen LogP contribution in [0.5, 0.6) is 5.75 Å². The van der Waals surface area contributed by atoms with Crippen molar-refractivity contribution in [3.8, 4) is 5.75 Å². The molecule has 0 aliphatic rings. The Morgan fingerprint density at radius 1 is 1.25 bits per heavy atom. The second-order valence-corrected chi connectivity index (χ2v) is 2.63. The number of rotatable bonds is 5. The van der Waals surface area contributed by atoms with E-state index in [9.17, 15) is 0 Å². The Balaban J connectivity index is 2.16. The molecule has 1 aromatic rings. The van der Waals surface area contributed by atoms with Crippen LogP contribution in [0.4, 0.5) is 0 Å². The standard InChI is InChI=1S/C9H14N2O/c1-2-3-4-5-12-9-6-10-8-11-7-9/h6-8H,2-5H2,1H3. The molecule has 1 aromatic heterocycles. The van der Waals surface area contributed by atoms with Crippen molar-refractivity contribution in [3.05, 3.63) is 18.7 Å². The number of unbranched alkanes of at least 4 members (excludes halogenated alkanes) is 2. The van der Waals surface area contributed by atoms with Crippen molar-refractivity contribution in [1.29, 1.82) is 0 Å². The summed E-state index contributed by atoms with van der Waals surface area (Å²) in [6.45, 7) is 2.94. The summed E-state index contributed by atoms with van der Waals surface area (Å²) < 4.78 is 5.38. The van der Waals surface area contributed by atoms with Crippen LogP contribution in [0.3, 0.4) is 0 Å². The topological polar surface area (TPSA) is 35.0 Å². The lowest BCUT2D eigenvalue weighted by Crippen LogP contribution is -1.97. The molecular formula is C9H14N2O. The van der Waals surface area contributed by atoms with E-state index in [1.54, 1.807) is 12.4 Å². The van der Waals surface area contributed by atoms with E-state index < -0.39 is 0 Å². The molecule has 0 aromatic carbocycles. The fraction of sp³-hybridized carbons (Fsp3) is 0.556. The summed E-state index contributed by atoms with van der Waals surface area (Å²) in [5.41, 5.74) is 0. The van der Waals surface area contributed by atoms with Crippen LogP contribution in [0.1, 0.15) is 26.2 Å². The molecule has 0 amide bonds. The highest BCUT2D eigenvalue weighted by Crippen LogP contribution is 2.05. The van der Waals surface area contributed by atoms with Gasteiger partial charge in [0.15, 0.2) is 5.75 Å². The minimum absolute atomic E-state index is 0.758. The summed E-state index contributed by atoms with van der Waals surface area (Å²) >= 11 is 0. The van der Waals surface area contributed by atoms with Crippen molar-refractivity contribution in [2.24, 2.45) is 0 Å². The first kappa shape index (κ1) is 8.97. The molecule has 0 atom stereocenters. The number of aromatic nitrogens is 2. The zero-order valence-electron chi connectivity index (χ0n) is 7.36. The first-order valence-corrected chi connectivity index (χ1v) is 4.31. The maximum atomic E-state index is 5.38. The van der Waals surface area contributed by atoms with Crippen molar-refractivity contribution >= 4 is 0 Å². The zero-order valence-corrected chi connectivity index (χ0v) is 7.36. The summed E-state index contributed by atoms with van der Waals surface area (Å²) in [6, 6.07) is 0. The van der Waals surface area contributed by atoms with E-state index in [4.69, 9.17) is 4.74 Å². The second-order valence-electron chi connectivity index (χ2n) is 2.63. The van der Waals surface area contributed by atoms with E-state index in [-0.39, 0.29) is 0 Å². The van der Waals surface area contributed by atoms with Crippen LogP contribution >= 0.6 is 0 Å². The SMILES string of the molecule is CCCCCOc1cncnc1. The van der Waals surface area contributed by atoms with Gasteiger partial charge in [-0.25, -0.2) is 9.97 Å². The number of hydrogen-bond donors (Lipinski definition) is 0. The number of ether oxygens (including phenoxy) is 1. The van der Waals surface area contributed by atoms with E-state index in [1.807, 2.05) is 0 Å². The molecule has 0 N–H and O–H groups in total. The van der Waals surface area contributed by atoms with Gasteiger partial charge in [0.25, 0.3) is 0 Å². The van der Waals surface area contributed by atoms with Gasteiger partial charge in [-0.3, -0.25) is 0 Å². The average molecular weight is 166 g/mol. The minimum atomic E-state index is 0.758. The Morgan fingerprint density at radius 2 is 2.00 bits per heavy atom. The minimum Gasteiger partial charge on any atom is -0.490 e. The molecule has 0 bridgehead atoms. The van der Waals surface area contributed by atoms with E-state index in [0.29, 0.717) is 0 Å². The van der Waals surface area contributed by atoms with Gasteiger partial charge in [-0.15, -0.1) is 0 Å². The smallest absolute Gasteiger partial charge is 0.155 e. The van der Waals surface area contributed by atoms with Crippen LogP contribution in [-0.2, 0) is 0 Å². The second kappa shape index (κ2) is 5.52. The molecule has 0 spiro atoms. The molecule has 12 heavy (non-hydrogen) atoms. The fourth-order valence-corrected chi connectivity index (χ4v) is 0.902. The van der Waals surface area contributed by atoms with Crippen molar-refractivity contribution in [2.75, 3.05) is 6.61 Å². The lowest BCUT2D eigenvalue weighted by Gasteiger charge is -2.02. The van der Waals surface area contributed by atoms with Gasteiger partial charge in [0, 0.05) is 0 Å². The lowest BCUT2D eigenvalue weighted by molar-refractivity contribution is 0.304. The molecular weight excluding hydrogens is 152 g/mol. The third kappa shape index (κ3) is 3.32. The Morgan fingerprint density at radius 3 is 2.67 bits per heavy atom. The van der Waals surface area contributed by atoms with Gasteiger partial charge >= 0.3 is 0 Å². The van der Waals surface area contributed by atoms with E-state index in [0.717, 1.165) is 18.8 Å². The Labute approximate surface area is 72.8 Å². The lowest BCUT2D eigenvalue weighted by atomic mass is 10.3. The first-order valence-electron chi connectivity index (χ1n) is 4.31. The summed E-state index contributed by atoms with van der Waals surface area (Å²) in [7, 11) is 0. The van der Waals surface area contributed by atoms with Crippen molar-refractivity contribution in [2.45, 2.75) is 26.2 Å². The molecule has 0 fully saturated rings. The van der Waals surface area contributed by atoms with E-state index in [1.165, 1.54) is 19.2 Å². The monoisotopic (exact) mass is 166 g/mol. The highest BCUT2D eigenvalue weighted by Gasteiger charge is 1.91. The van der Waals surface area contributed by atoms with Crippen LogP contribution in [-0.4, -0.2) is 16.6 Å². The van der Waals surface area contributed by atoms with E-state index in [2.05, 4.69) is 16.9 Å². The number of nitrogens with zero attached hydrogens (tertiary/aromatic N) is 2. The molecule has 3 heteroatoms. The Bertz CT molecular complexity index is 201. The molecule has 1 heterocycles. The molecule has 0 unspecified atom stereocenters. The molecule has 0 radical (unpaired) electrons. The van der Waals surface area contributed by atoms with Gasteiger partial charge in [-0.2, -0.15) is 0 Å². The normalized spacial score (nSPS) is 9.75. The Hall–Kier alpha value is -1.12. The molecule has 0 aliphatic heterocycles. The summed E-state index contributed by atoms with van der Waals surface area (Å²) in [4.78, 5) is 7.69. The third-order valence-corrected chi connectivity index (χ3v) is 1.55. The van der Waals surface area contributed by atoms with Gasteiger partial charge in [-0.1, -0.05) is 19.8 Å². The fourth-order valence-electron chi connectivity index (χ4n) is 0.902. The molecule has 1 rings (SSSR count). The van der Waals surface area contributed by atoms with Crippen LogP contribution in [0, 0.1) is 0 Å². The largest absolute Gasteiger partial charge is 0.490 e. The van der Waals surface area contributed by atoms with Gasteiger partial charge in [-0.05, 0) is 6.42 Å². The quantitative estimate of drug-likeness (QED) is 0.628. The molecule has 0 aliphatic carbocycles. The van der Waals surface area contributed by atoms with Gasteiger partial charge in [0.1, 0.15) is 6.33 Å². The number of hydrogen-bond acceptors (Lipinski definition) is 3.